The van der Waals surface area contributed by atoms with Gasteiger partial charge in [0.15, 0.2) is 5.75 Å². The van der Waals surface area contributed by atoms with E-state index in [9.17, 15) is 18.0 Å². The minimum Gasteiger partial charge on any atom is -0.481 e. The van der Waals surface area contributed by atoms with Gasteiger partial charge in [-0.3, -0.25) is 9.52 Å². The summed E-state index contributed by atoms with van der Waals surface area (Å²) in [5, 5.41) is 15.0. The molecule has 206 valence electrons. The molecule has 2 amide bonds. The number of urea groups is 1. The lowest BCUT2D eigenvalue weighted by molar-refractivity contribution is -0.136. The van der Waals surface area contributed by atoms with Crippen LogP contribution in [-0.2, 0) is 21.2 Å². The number of hydrogen-bond donors (Lipinski definition) is 4. The van der Waals surface area contributed by atoms with Crippen LogP contribution < -0.4 is 20.1 Å². The Bertz CT molecular complexity index is 1610. The van der Waals surface area contributed by atoms with Crippen LogP contribution in [0.5, 0.6) is 11.5 Å². The van der Waals surface area contributed by atoms with Crippen LogP contribution in [-0.4, -0.2) is 25.5 Å². The number of carboxylic acids is 1. The molecule has 1 atom stereocenters. The number of rotatable bonds is 10. The first-order valence-corrected chi connectivity index (χ1v) is 14.0. The molecular formula is C29H26ClN3O6S. The molecule has 0 aromatic heterocycles. The first-order valence-electron chi connectivity index (χ1n) is 12.1. The Kier molecular flexibility index (Phi) is 8.93. The number of carbonyl (C=O) groups excluding carboxylic acids is 1. The summed E-state index contributed by atoms with van der Waals surface area (Å²) in [6.07, 6.45) is -0.202. The number of anilines is 2. The number of hydrogen-bond acceptors (Lipinski definition) is 5. The highest BCUT2D eigenvalue weighted by atomic mass is 35.5. The van der Waals surface area contributed by atoms with Crippen molar-refractivity contribution >= 4 is 45.0 Å². The molecule has 4 aromatic carbocycles. The van der Waals surface area contributed by atoms with Gasteiger partial charge >= 0.3 is 12.0 Å². The second-order valence-electron chi connectivity index (χ2n) is 8.82. The summed E-state index contributed by atoms with van der Waals surface area (Å²) in [6, 6.07) is 25.2. The second kappa shape index (κ2) is 12.5. The van der Waals surface area contributed by atoms with Crippen molar-refractivity contribution in [2.45, 2.75) is 24.3 Å². The normalized spacial score (nSPS) is 11.8. The van der Waals surface area contributed by atoms with E-state index in [0.717, 1.165) is 5.56 Å². The van der Waals surface area contributed by atoms with Gasteiger partial charge in [0.05, 0.1) is 23.0 Å². The summed E-state index contributed by atoms with van der Waals surface area (Å²) in [5.74, 6) is -0.557. The average Bonchev–Trinajstić information content (AvgIpc) is 2.90. The largest absolute Gasteiger partial charge is 0.481 e. The number of carboxylic acid groups (broad SMARTS) is 1. The molecule has 0 fully saturated rings. The number of sulfonamides is 1. The summed E-state index contributed by atoms with van der Waals surface area (Å²) in [4.78, 5) is 23.8. The Balaban J connectivity index is 1.61. The zero-order chi connectivity index (χ0) is 28.7. The van der Waals surface area contributed by atoms with Crippen LogP contribution in [0.1, 0.15) is 24.1 Å². The van der Waals surface area contributed by atoms with E-state index in [0.29, 0.717) is 22.0 Å². The third-order valence-electron chi connectivity index (χ3n) is 5.73. The first-order chi connectivity index (χ1) is 19.1. The van der Waals surface area contributed by atoms with Crippen LogP contribution in [0, 0.1) is 0 Å². The van der Waals surface area contributed by atoms with E-state index in [1.807, 2.05) is 37.3 Å². The fourth-order valence-electron chi connectivity index (χ4n) is 3.80. The summed E-state index contributed by atoms with van der Waals surface area (Å²) in [5.41, 5.74) is 1.78. The van der Waals surface area contributed by atoms with Crippen molar-refractivity contribution in [3.63, 3.8) is 0 Å². The zero-order valence-electron chi connectivity index (χ0n) is 21.3. The average molecular weight is 580 g/mol. The predicted molar refractivity (Wildman–Crippen MR) is 154 cm³/mol. The van der Waals surface area contributed by atoms with E-state index in [1.165, 1.54) is 36.4 Å². The van der Waals surface area contributed by atoms with Gasteiger partial charge in [-0.1, -0.05) is 54.1 Å². The molecular weight excluding hydrogens is 554 g/mol. The fourth-order valence-corrected chi connectivity index (χ4v) is 4.99. The Morgan fingerprint density at radius 1 is 0.925 bits per heavy atom. The van der Waals surface area contributed by atoms with E-state index in [1.54, 1.807) is 30.3 Å². The van der Waals surface area contributed by atoms with Crippen LogP contribution in [0.4, 0.5) is 16.2 Å². The molecule has 0 spiro atoms. The molecule has 0 aliphatic heterocycles. The van der Waals surface area contributed by atoms with Gasteiger partial charge in [0.1, 0.15) is 5.75 Å². The molecule has 4 rings (SSSR count). The van der Waals surface area contributed by atoms with Crippen molar-refractivity contribution in [2.24, 2.45) is 0 Å². The van der Waals surface area contributed by atoms with Gasteiger partial charge in [-0.2, -0.15) is 0 Å². The number of halogens is 1. The number of ether oxygens (including phenoxy) is 1. The van der Waals surface area contributed by atoms with Crippen LogP contribution in [0.25, 0.3) is 0 Å². The molecule has 0 aliphatic carbocycles. The lowest BCUT2D eigenvalue weighted by atomic mass is 10.1. The summed E-state index contributed by atoms with van der Waals surface area (Å²) >= 11 is 5.91. The van der Waals surface area contributed by atoms with Gasteiger partial charge in [0, 0.05) is 10.7 Å². The number of aliphatic carboxylic acids is 1. The maximum atomic E-state index is 13.2. The highest BCUT2D eigenvalue weighted by Gasteiger charge is 2.19. The molecule has 0 radical (unpaired) electrons. The predicted octanol–water partition coefficient (Wildman–Crippen LogP) is 6.44. The molecule has 0 saturated carbocycles. The lowest BCUT2D eigenvalue weighted by Gasteiger charge is -2.17. The Hall–Kier alpha value is -4.54. The standard InChI is InChI=1S/C29H26ClN3O6S/c1-19(21-7-3-2-4-8-21)31-29(36)32-23-12-15-27(39-24-9-5-6-20(16-24)17-28(34)35)26(18-23)33-40(37,38)25-13-10-22(30)11-14-25/h2-16,18-19,33H,17H2,1H3,(H,34,35)(H2,31,32,36). The summed E-state index contributed by atoms with van der Waals surface area (Å²) in [7, 11) is -4.06. The number of nitrogens with one attached hydrogen (secondary N) is 3. The van der Waals surface area contributed by atoms with E-state index in [-0.39, 0.29) is 28.8 Å². The molecule has 1 unspecified atom stereocenters. The third-order valence-corrected chi connectivity index (χ3v) is 7.37. The molecule has 0 aliphatic rings. The first kappa shape index (κ1) is 28.5. The van der Waals surface area contributed by atoms with Crippen molar-refractivity contribution in [3.8, 4) is 11.5 Å². The monoisotopic (exact) mass is 579 g/mol. The molecule has 11 heteroatoms. The quantitative estimate of drug-likeness (QED) is 0.171. The van der Waals surface area contributed by atoms with Crippen LogP contribution in [0.3, 0.4) is 0 Å². The van der Waals surface area contributed by atoms with E-state index < -0.39 is 22.0 Å². The maximum Gasteiger partial charge on any atom is 0.319 e. The van der Waals surface area contributed by atoms with Crippen molar-refractivity contribution in [1.82, 2.24) is 5.32 Å². The molecule has 0 bridgehead atoms. The molecule has 0 heterocycles. The Labute approximate surface area is 236 Å². The maximum absolute atomic E-state index is 13.2. The molecule has 9 nitrogen and oxygen atoms in total. The SMILES string of the molecule is CC(NC(=O)Nc1ccc(Oc2cccc(CC(=O)O)c2)c(NS(=O)(=O)c2ccc(Cl)cc2)c1)c1ccccc1. The summed E-state index contributed by atoms with van der Waals surface area (Å²) in [6.45, 7) is 1.84. The molecule has 40 heavy (non-hydrogen) atoms. The minimum absolute atomic E-state index is 0.0286. The second-order valence-corrected chi connectivity index (χ2v) is 10.9. The van der Waals surface area contributed by atoms with Gasteiger partial charge in [-0.05, 0) is 72.6 Å². The topological polar surface area (TPSA) is 134 Å². The van der Waals surface area contributed by atoms with Crippen LogP contribution in [0.15, 0.2) is 102 Å². The van der Waals surface area contributed by atoms with Gasteiger partial charge in [0.2, 0.25) is 0 Å². The van der Waals surface area contributed by atoms with Crippen molar-refractivity contribution in [1.29, 1.82) is 0 Å². The van der Waals surface area contributed by atoms with E-state index >= 15 is 0 Å². The Morgan fingerprint density at radius 3 is 2.35 bits per heavy atom. The fraction of sp³-hybridized carbons (Fsp3) is 0.103. The smallest absolute Gasteiger partial charge is 0.319 e. The lowest BCUT2D eigenvalue weighted by Crippen LogP contribution is -2.31. The van der Waals surface area contributed by atoms with E-state index in [2.05, 4.69) is 15.4 Å². The molecule has 4 aromatic rings. The molecule has 0 saturated heterocycles. The minimum atomic E-state index is -4.06. The van der Waals surface area contributed by atoms with Gasteiger partial charge < -0.3 is 20.5 Å². The van der Waals surface area contributed by atoms with Crippen molar-refractivity contribution in [2.75, 3.05) is 10.0 Å². The van der Waals surface area contributed by atoms with Gasteiger partial charge in [-0.15, -0.1) is 0 Å². The number of amides is 2. The van der Waals surface area contributed by atoms with Crippen molar-refractivity contribution in [3.05, 3.63) is 113 Å². The highest BCUT2D eigenvalue weighted by Crippen LogP contribution is 2.34. The van der Waals surface area contributed by atoms with Gasteiger partial charge in [0.25, 0.3) is 10.0 Å². The van der Waals surface area contributed by atoms with Crippen LogP contribution >= 0.6 is 11.6 Å². The number of benzene rings is 4. The number of carbonyl (C=O) groups is 2. The highest BCUT2D eigenvalue weighted by molar-refractivity contribution is 7.92. The van der Waals surface area contributed by atoms with Gasteiger partial charge in [-0.25, -0.2) is 13.2 Å². The third kappa shape index (κ3) is 7.75. The Morgan fingerprint density at radius 2 is 1.65 bits per heavy atom. The van der Waals surface area contributed by atoms with Crippen molar-refractivity contribution < 1.29 is 27.9 Å². The zero-order valence-corrected chi connectivity index (χ0v) is 22.9. The van der Waals surface area contributed by atoms with Crippen LogP contribution in [0.2, 0.25) is 5.02 Å². The van der Waals surface area contributed by atoms with E-state index in [4.69, 9.17) is 21.4 Å². The molecule has 4 N–H and O–H groups in total. The summed E-state index contributed by atoms with van der Waals surface area (Å²) < 4.78 is 34.8.